The largest absolute Gasteiger partial charge is 0.465 e. The summed E-state index contributed by atoms with van der Waals surface area (Å²) in [5, 5.41) is 2.80. The molecule has 0 atom stereocenters. The van der Waals surface area contributed by atoms with E-state index in [0.717, 1.165) is 6.42 Å². The molecule has 0 saturated carbocycles. The first-order valence-corrected chi connectivity index (χ1v) is 9.61. The quantitative estimate of drug-likeness (QED) is 0.234. The molecular formula is C19H39NNaO2. The van der Waals surface area contributed by atoms with Crippen molar-refractivity contribution in [3.8, 4) is 0 Å². The van der Waals surface area contributed by atoms with Gasteiger partial charge in [0.1, 0.15) is 0 Å². The van der Waals surface area contributed by atoms with Gasteiger partial charge in [-0.3, -0.25) is 4.79 Å². The molecule has 0 spiro atoms. The third-order valence-electron chi connectivity index (χ3n) is 4.08. The molecule has 0 fully saturated rings. The summed E-state index contributed by atoms with van der Waals surface area (Å²) in [4.78, 5) is 11.1. The maximum atomic E-state index is 11.1. The van der Waals surface area contributed by atoms with Crippen LogP contribution in [0.3, 0.4) is 0 Å². The van der Waals surface area contributed by atoms with E-state index >= 15 is 0 Å². The molecule has 3 nitrogen and oxygen atoms in total. The summed E-state index contributed by atoms with van der Waals surface area (Å²) >= 11 is 0. The van der Waals surface area contributed by atoms with Gasteiger partial charge in [-0.05, 0) is 13.5 Å². The molecule has 0 unspecified atom stereocenters. The fourth-order valence-corrected chi connectivity index (χ4v) is 2.68. The first-order chi connectivity index (χ1) is 10.8. The van der Waals surface area contributed by atoms with E-state index in [2.05, 4.69) is 12.2 Å². The molecule has 0 amide bonds. The van der Waals surface area contributed by atoms with Gasteiger partial charge in [0.05, 0.1) is 13.2 Å². The zero-order valence-electron chi connectivity index (χ0n) is 16.1. The van der Waals surface area contributed by atoms with E-state index in [4.69, 9.17) is 4.74 Å². The topological polar surface area (TPSA) is 38.3 Å². The number of nitrogens with one attached hydrogen (secondary N) is 1. The zero-order chi connectivity index (χ0) is 16.3. The molecule has 0 aromatic heterocycles. The van der Waals surface area contributed by atoms with Crippen molar-refractivity contribution >= 4 is 35.5 Å². The average Bonchev–Trinajstić information content (AvgIpc) is 2.51. The summed E-state index contributed by atoms with van der Waals surface area (Å²) in [5.41, 5.74) is 0. The van der Waals surface area contributed by atoms with Crippen molar-refractivity contribution in [3.05, 3.63) is 0 Å². The van der Waals surface area contributed by atoms with Gasteiger partial charge in [-0.2, -0.15) is 0 Å². The van der Waals surface area contributed by atoms with Crippen molar-refractivity contribution in [1.82, 2.24) is 5.32 Å². The van der Waals surface area contributed by atoms with Crippen molar-refractivity contribution < 1.29 is 9.53 Å². The summed E-state index contributed by atoms with van der Waals surface area (Å²) in [6.45, 7) is 3.17. The SMILES string of the molecule is CCCCCCCCCCCCCCCCOC(=O)CNC.[Na]. The van der Waals surface area contributed by atoms with E-state index in [1.54, 1.807) is 7.05 Å². The van der Waals surface area contributed by atoms with Crippen molar-refractivity contribution in [1.29, 1.82) is 0 Å². The molecule has 0 saturated heterocycles. The molecule has 1 radical (unpaired) electrons. The predicted molar refractivity (Wildman–Crippen MR) is 101 cm³/mol. The number of likely N-dealkylation sites (N-methyl/N-ethyl adjacent to an activating group) is 1. The minimum atomic E-state index is -0.141. The summed E-state index contributed by atoms with van der Waals surface area (Å²) < 4.78 is 5.09. The van der Waals surface area contributed by atoms with Crippen LogP contribution in [0, 0.1) is 0 Å². The molecule has 0 aliphatic rings. The van der Waals surface area contributed by atoms with Crippen LogP contribution in [0.15, 0.2) is 0 Å². The molecule has 0 bridgehead atoms. The Morgan fingerprint density at radius 3 is 1.52 bits per heavy atom. The molecule has 1 N–H and O–H groups in total. The minimum absolute atomic E-state index is 0. The number of hydrogen-bond donors (Lipinski definition) is 1. The van der Waals surface area contributed by atoms with Crippen LogP contribution in [-0.2, 0) is 9.53 Å². The molecule has 0 aromatic carbocycles. The van der Waals surface area contributed by atoms with E-state index in [1.165, 1.54) is 83.5 Å². The fourth-order valence-electron chi connectivity index (χ4n) is 2.68. The minimum Gasteiger partial charge on any atom is -0.465 e. The van der Waals surface area contributed by atoms with Crippen molar-refractivity contribution in [2.75, 3.05) is 20.2 Å². The second-order valence-electron chi connectivity index (χ2n) is 6.35. The van der Waals surface area contributed by atoms with Gasteiger partial charge in [-0.25, -0.2) is 0 Å². The number of ether oxygens (including phenoxy) is 1. The van der Waals surface area contributed by atoms with Gasteiger partial charge in [0.15, 0.2) is 0 Å². The van der Waals surface area contributed by atoms with E-state index in [-0.39, 0.29) is 35.5 Å². The second kappa shape index (κ2) is 22.4. The molecule has 0 rings (SSSR count). The van der Waals surface area contributed by atoms with Crippen LogP contribution in [0.4, 0.5) is 0 Å². The molecule has 0 aliphatic carbocycles. The second-order valence-corrected chi connectivity index (χ2v) is 6.35. The number of esters is 1. The first kappa shape index (κ1) is 25.7. The van der Waals surface area contributed by atoms with Crippen molar-refractivity contribution in [2.45, 2.75) is 96.8 Å². The van der Waals surface area contributed by atoms with Crippen LogP contribution in [-0.4, -0.2) is 55.7 Å². The van der Waals surface area contributed by atoms with Crippen LogP contribution in [0.5, 0.6) is 0 Å². The molecule has 0 aromatic rings. The fraction of sp³-hybridized carbons (Fsp3) is 0.947. The van der Waals surface area contributed by atoms with Crippen LogP contribution in [0.2, 0.25) is 0 Å². The Hall–Kier alpha value is 0.430. The Morgan fingerprint density at radius 1 is 0.739 bits per heavy atom. The van der Waals surface area contributed by atoms with Crippen LogP contribution < -0.4 is 5.32 Å². The number of carbonyl (C=O) groups is 1. The Labute approximate surface area is 167 Å². The van der Waals surface area contributed by atoms with Gasteiger partial charge < -0.3 is 10.1 Å². The zero-order valence-corrected chi connectivity index (χ0v) is 18.1. The first-order valence-electron chi connectivity index (χ1n) is 9.61. The van der Waals surface area contributed by atoms with E-state index in [9.17, 15) is 4.79 Å². The molecule has 0 aliphatic heterocycles. The molecule has 133 valence electrons. The van der Waals surface area contributed by atoms with Crippen LogP contribution in [0.1, 0.15) is 96.8 Å². The van der Waals surface area contributed by atoms with Crippen molar-refractivity contribution in [3.63, 3.8) is 0 Å². The Morgan fingerprint density at radius 2 is 1.13 bits per heavy atom. The Bertz CT molecular complexity index is 237. The number of unbranched alkanes of at least 4 members (excludes halogenated alkanes) is 13. The van der Waals surface area contributed by atoms with E-state index in [1.807, 2.05) is 0 Å². The summed E-state index contributed by atoms with van der Waals surface area (Å²) in [6, 6.07) is 0. The van der Waals surface area contributed by atoms with Gasteiger partial charge >= 0.3 is 5.97 Å². The van der Waals surface area contributed by atoms with Gasteiger partial charge in [0, 0.05) is 29.6 Å². The maximum Gasteiger partial charge on any atom is 0.319 e. The van der Waals surface area contributed by atoms with Gasteiger partial charge in [-0.1, -0.05) is 90.4 Å². The number of rotatable bonds is 17. The maximum absolute atomic E-state index is 11.1. The van der Waals surface area contributed by atoms with Gasteiger partial charge in [-0.15, -0.1) is 0 Å². The normalized spacial score (nSPS) is 10.3. The van der Waals surface area contributed by atoms with Crippen LogP contribution >= 0.6 is 0 Å². The monoisotopic (exact) mass is 336 g/mol. The molecule has 4 heteroatoms. The predicted octanol–water partition coefficient (Wildman–Crippen LogP) is 4.85. The summed E-state index contributed by atoms with van der Waals surface area (Å²) in [7, 11) is 1.76. The van der Waals surface area contributed by atoms with Crippen molar-refractivity contribution in [2.24, 2.45) is 0 Å². The third kappa shape index (κ3) is 22.4. The van der Waals surface area contributed by atoms with Crippen LogP contribution in [0.25, 0.3) is 0 Å². The van der Waals surface area contributed by atoms with E-state index < -0.39 is 0 Å². The summed E-state index contributed by atoms with van der Waals surface area (Å²) in [6.07, 6.45) is 18.9. The van der Waals surface area contributed by atoms with E-state index in [0.29, 0.717) is 13.2 Å². The number of carbonyl (C=O) groups excluding carboxylic acids is 1. The third-order valence-corrected chi connectivity index (χ3v) is 4.08. The standard InChI is InChI=1S/C19H39NO2.Na/c1-3-4-5-6-7-8-9-10-11-12-13-14-15-16-17-22-19(21)18-20-2;/h20H,3-18H2,1-2H3;. The molecular weight excluding hydrogens is 297 g/mol. The summed E-state index contributed by atoms with van der Waals surface area (Å²) in [5.74, 6) is -0.141. The Kier molecular flexibility index (Phi) is 25.0. The Balaban J connectivity index is 0. The smallest absolute Gasteiger partial charge is 0.319 e. The van der Waals surface area contributed by atoms with Gasteiger partial charge in [0.2, 0.25) is 0 Å². The van der Waals surface area contributed by atoms with Gasteiger partial charge in [0.25, 0.3) is 0 Å². The number of hydrogen-bond acceptors (Lipinski definition) is 3. The average molecular weight is 337 g/mol. The molecule has 0 heterocycles. The molecule has 23 heavy (non-hydrogen) atoms.